The molecule has 0 N–H and O–H groups in total. The number of hydrogen-bond acceptors (Lipinski definition) is 14. The second-order valence-corrected chi connectivity index (χ2v) is 18.8. The maximum atomic E-state index is 11.4. The smallest absolute Gasteiger partial charge is 0.185 e. The van der Waals surface area contributed by atoms with Crippen LogP contribution in [0.3, 0.4) is 0 Å². The van der Waals surface area contributed by atoms with Crippen LogP contribution in [0.1, 0.15) is 128 Å². The van der Waals surface area contributed by atoms with E-state index in [9.17, 15) is 19.2 Å². The summed E-state index contributed by atoms with van der Waals surface area (Å²) in [5.41, 5.74) is 5.24. The minimum atomic E-state index is -0.519. The lowest BCUT2D eigenvalue weighted by Crippen LogP contribution is -2.22. The normalized spacial score (nSPS) is 11.2. The van der Waals surface area contributed by atoms with E-state index in [1.165, 1.54) is 47.0 Å². The summed E-state index contributed by atoms with van der Waals surface area (Å²) in [6, 6.07) is 8.63. The highest BCUT2D eigenvalue weighted by Crippen LogP contribution is 2.40. The highest BCUT2D eigenvalue weighted by atomic mass is 32.2. The predicted octanol–water partition coefficient (Wildman–Crippen LogP) is 10.6. The molecule has 0 saturated carbocycles. The van der Waals surface area contributed by atoms with E-state index in [1.807, 2.05) is 27.7 Å². The van der Waals surface area contributed by atoms with Crippen LogP contribution >= 0.6 is 47.0 Å². The fourth-order valence-corrected chi connectivity index (χ4v) is 7.92. The Morgan fingerprint density at radius 1 is 0.475 bits per heavy atom. The van der Waals surface area contributed by atoms with E-state index in [0.29, 0.717) is 89.1 Å². The van der Waals surface area contributed by atoms with Crippen LogP contribution in [0.4, 0.5) is 0 Å². The molecule has 0 bridgehead atoms. The molecule has 2 aromatic carbocycles. The first-order valence-corrected chi connectivity index (χ1v) is 24.7. The lowest BCUT2D eigenvalue weighted by molar-refractivity contribution is -0.109. The molecular weight excluding hydrogens is 829 g/mol. The summed E-state index contributed by atoms with van der Waals surface area (Å²) in [5, 5.41) is 0.386. The van der Waals surface area contributed by atoms with Gasteiger partial charge in [0.25, 0.3) is 0 Å². The maximum absolute atomic E-state index is 11.4. The lowest BCUT2D eigenvalue weighted by atomic mass is 9.76. The van der Waals surface area contributed by atoms with Crippen LogP contribution in [0.15, 0.2) is 24.3 Å². The number of ether oxygens (including phenoxy) is 6. The van der Waals surface area contributed by atoms with E-state index < -0.39 is 5.41 Å². The minimum Gasteiger partial charge on any atom is -0.493 e. The van der Waals surface area contributed by atoms with Crippen LogP contribution in [0.5, 0.6) is 11.5 Å². The fraction of sp³-hybridized carbons (Fsp3) is 0.644. The molecule has 0 amide bonds. The third kappa shape index (κ3) is 23.1. The van der Waals surface area contributed by atoms with Gasteiger partial charge in [-0.3, -0.25) is 19.2 Å². The molecule has 0 aromatic heterocycles. The molecular formula is C45H70O10S4. The van der Waals surface area contributed by atoms with Gasteiger partial charge in [0.15, 0.2) is 20.5 Å². The van der Waals surface area contributed by atoms with Crippen LogP contribution in [0, 0.1) is 0 Å². The standard InChI is InChI=1S/C43H64O10S4.C2H6/c1-9-52-41-35(27-48-15-11-19-54-31(3)44)23-39(24-36(41)28-49-16-12-20-55-32(4)45)43(7,8)40-25-37(29-50-17-13-21-56-33(5)46)42(53-10-2)38(26-40)30-51-18-14-22-57-34(6)47;1-2/h23-26H,9-22,27-30H2,1-8H3;1-2H3. The number of carbonyl (C=O) groups is 4. The van der Waals surface area contributed by atoms with Crippen molar-refractivity contribution in [2.45, 2.75) is 127 Å². The quantitative estimate of drug-likeness (QED) is 0.0691. The number of rotatable bonds is 30. The molecule has 0 radical (unpaired) electrons. The topological polar surface area (TPSA) is 124 Å². The first-order chi connectivity index (χ1) is 28.3. The molecule has 0 aliphatic rings. The van der Waals surface area contributed by atoms with Gasteiger partial charge >= 0.3 is 0 Å². The molecule has 59 heavy (non-hydrogen) atoms. The molecule has 0 spiro atoms. The van der Waals surface area contributed by atoms with Crippen molar-refractivity contribution in [3.8, 4) is 11.5 Å². The van der Waals surface area contributed by atoms with Crippen molar-refractivity contribution in [1.82, 2.24) is 0 Å². The Hall–Kier alpha value is -2.04. The van der Waals surface area contributed by atoms with Gasteiger partial charge in [0.1, 0.15) is 11.5 Å². The van der Waals surface area contributed by atoms with Crippen molar-refractivity contribution in [3.05, 3.63) is 57.6 Å². The number of carbonyl (C=O) groups excluding carboxylic acids is 4. The first kappa shape index (κ1) is 55.0. The van der Waals surface area contributed by atoms with Gasteiger partial charge in [0.05, 0.1) is 39.6 Å². The van der Waals surface area contributed by atoms with E-state index in [2.05, 4.69) is 38.1 Å². The zero-order chi connectivity index (χ0) is 44.1. The summed E-state index contributed by atoms with van der Waals surface area (Å²) in [4.78, 5) is 45.7. The lowest BCUT2D eigenvalue weighted by Gasteiger charge is -2.30. The zero-order valence-electron chi connectivity index (χ0n) is 37.3. The van der Waals surface area contributed by atoms with Crippen LogP contribution < -0.4 is 9.47 Å². The molecule has 0 aliphatic heterocycles. The van der Waals surface area contributed by atoms with Gasteiger partial charge in [-0.1, -0.05) is 74.7 Å². The van der Waals surface area contributed by atoms with Gasteiger partial charge in [-0.05, 0) is 74.9 Å². The van der Waals surface area contributed by atoms with E-state index in [1.54, 1.807) is 27.7 Å². The Labute approximate surface area is 371 Å². The van der Waals surface area contributed by atoms with Crippen molar-refractivity contribution < 1.29 is 47.6 Å². The van der Waals surface area contributed by atoms with E-state index in [-0.39, 0.29) is 20.5 Å². The predicted molar refractivity (Wildman–Crippen MR) is 248 cm³/mol. The van der Waals surface area contributed by atoms with Gasteiger partial charge in [-0.25, -0.2) is 0 Å². The monoisotopic (exact) mass is 898 g/mol. The van der Waals surface area contributed by atoms with E-state index >= 15 is 0 Å². The van der Waals surface area contributed by atoms with Crippen molar-refractivity contribution in [1.29, 1.82) is 0 Å². The number of benzene rings is 2. The summed E-state index contributed by atoms with van der Waals surface area (Å²) < 4.78 is 37.2. The highest BCUT2D eigenvalue weighted by molar-refractivity contribution is 8.14. The molecule has 14 heteroatoms. The average Bonchev–Trinajstić information content (AvgIpc) is 3.18. The van der Waals surface area contributed by atoms with Crippen molar-refractivity contribution in [3.63, 3.8) is 0 Å². The van der Waals surface area contributed by atoms with Crippen LogP contribution in [-0.2, 0) is 70.0 Å². The van der Waals surface area contributed by atoms with Gasteiger partial charge < -0.3 is 28.4 Å². The third-order valence-corrected chi connectivity index (χ3v) is 12.1. The first-order valence-electron chi connectivity index (χ1n) is 20.7. The number of hydrogen-bond donors (Lipinski definition) is 0. The molecule has 0 atom stereocenters. The Bertz CT molecular complexity index is 1340. The maximum Gasteiger partial charge on any atom is 0.185 e. The van der Waals surface area contributed by atoms with Gasteiger partial charge in [0.2, 0.25) is 0 Å². The Morgan fingerprint density at radius 3 is 0.915 bits per heavy atom. The van der Waals surface area contributed by atoms with Crippen LogP contribution in [0.25, 0.3) is 0 Å². The highest BCUT2D eigenvalue weighted by Gasteiger charge is 2.29. The van der Waals surface area contributed by atoms with E-state index in [0.717, 1.165) is 70.6 Å². The Morgan fingerprint density at radius 2 is 0.712 bits per heavy atom. The summed E-state index contributed by atoms with van der Waals surface area (Å²) >= 11 is 5.21. The minimum absolute atomic E-state index is 0.0966. The second-order valence-electron chi connectivity index (χ2n) is 13.7. The summed E-state index contributed by atoms with van der Waals surface area (Å²) in [7, 11) is 0. The third-order valence-electron chi connectivity index (χ3n) is 8.49. The van der Waals surface area contributed by atoms with Gasteiger partial charge in [-0.2, -0.15) is 0 Å². The van der Waals surface area contributed by atoms with Crippen LogP contribution in [-0.4, -0.2) is 83.1 Å². The SMILES string of the molecule is CC.CCOc1c(COCCCSC(C)=O)cc(C(C)(C)c2cc(COCCCSC(C)=O)c(OCC)c(COCCCSC(C)=O)c2)cc1COCCCSC(C)=O. The van der Waals surface area contributed by atoms with Crippen molar-refractivity contribution >= 4 is 67.5 Å². The fourth-order valence-electron chi connectivity index (χ4n) is 5.72. The van der Waals surface area contributed by atoms with Crippen molar-refractivity contribution in [2.75, 3.05) is 62.7 Å². The van der Waals surface area contributed by atoms with Gasteiger partial charge in [-0.15, -0.1) is 0 Å². The second kappa shape index (κ2) is 32.6. The summed E-state index contributed by atoms with van der Waals surface area (Å²) in [6.07, 6.45) is 3.00. The molecule has 0 fully saturated rings. The van der Waals surface area contributed by atoms with Gasteiger partial charge in [0, 0.05) is 105 Å². The number of thioether (sulfide) groups is 4. The molecule has 2 aromatic rings. The average molecular weight is 899 g/mol. The zero-order valence-corrected chi connectivity index (χ0v) is 40.5. The molecule has 2 rings (SSSR count). The molecule has 0 heterocycles. The van der Waals surface area contributed by atoms with Crippen molar-refractivity contribution in [2.24, 2.45) is 0 Å². The molecule has 0 aliphatic carbocycles. The Balaban J connectivity index is 0.00000856. The van der Waals surface area contributed by atoms with E-state index in [4.69, 9.17) is 28.4 Å². The molecule has 0 unspecified atom stereocenters. The molecule has 0 saturated heterocycles. The Kier molecular flexibility index (Phi) is 30.4. The molecule has 10 nitrogen and oxygen atoms in total. The summed E-state index contributed by atoms with van der Waals surface area (Å²) in [6.45, 7) is 22.9. The molecule has 334 valence electrons. The van der Waals surface area contributed by atoms with Crippen LogP contribution in [0.2, 0.25) is 0 Å². The largest absolute Gasteiger partial charge is 0.493 e. The summed E-state index contributed by atoms with van der Waals surface area (Å²) in [5.74, 6) is 4.29.